The maximum atomic E-state index is 10.7. The highest BCUT2D eigenvalue weighted by Gasteiger charge is 2.23. The molecule has 1 aliphatic rings. The van der Waals surface area contributed by atoms with E-state index in [0.717, 1.165) is 12.5 Å². The molecule has 2 rings (SSSR count). The Morgan fingerprint density at radius 3 is 2.74 bits per heavy atom. The van der Waals surface area contributed by atoms with Gasteiger partial charge in [-0.2, -0.15) is 0 Å². The van der Waals surface area contributed by atoms with Crippen LogP contribution in [-0.4, -0.2) is 28.6 Å². The van der Waals surface area contributed by atoms with Crippen LogP contribution in [-0.2, 0) is 11.3 Å². The van der Waals surface area contributed by atoms with Crippen molar-refractivity contribution in [1.29, 1.82) is 0 Å². The van der Waals surface area contributed by atoms with Crippen LogP contribution in [0, 0.1) is 0 Å². The number of hydrogen-bond donors (Lipinski definition) is 1. The van der Waals surface area contributed by atoms with Crippen LogP contribution in [0.5, 0.6) is 0 Å². The van der Waals surface area contributed by atoms with Crippen molar-refractivity contribution in [2.75, 3.05) is 6.54 Å². The molecular weight excluding hydrogens is 238 g/mol. The molecule has 0 spiro atoms. The average Bonchev–Trinajstić information content (AvgIpc) is 3.18. The van der Waals surface area contributed by atoms with E-state index < -0.39 is 5.97 Å². The quantitative estimate of drug-likeness (QED) is 0.819. The van der Waals surface area contributed by atoms with Gasteiger partial charge in [-0.1, -0.05) is 24.3 Å². The summed E-state index contributed by atoms with van der Waals surface area (Å²) in [4.78, 5) is 12.9. The first-order valence-electron chi connectivity index (χ1n) is 7.11. The van der Waals surface area contributed by atoms with Crippen molar-refractivity contribution in [3.05, 3.63) is 35.4 Å². The molecule has 1 fully saturated rings. The summed E-state index contributed by atoms with van der Waals surface area (Å²) < 4.78 is 0. The number of carbonyl (C=O) groups is 1. The highest BCUT2D eigenvalue weighted by molar-refractivity contribution is 5.66. The van der Waals surface area contributed by atoms with Gasteiger partial charge in [0.25, 0.3) is 0 Å². The summed E-state index contributed by atoms with van der Waals surface area (Å²) in [5.74, 6) is 0.0452. The highest BCUT2D eigenvalue weighted by atomic mass is 16.4. The number of nitrogens with zero attached hydrogens (tertiary/aromatic N) is 1. The Morgan fingerprint density at radius 2 is 2.16 bits per heavy atom. The third-order valence-corrected chi connectivity index (χ3v) is 3.73. The molecule has 0 amide bonds. The van der Waals surface area contributed by atoms with Gasteiger partial charge in [0.15, 0.2) is 0 Å². The molecule has 0 heterocycles. The molecule has 0 saturated heterocycles. The second-order valence-corrected chi connectivity index (χ2v) is 5.73. The minimum atomic E-state index is -0.725. The van der Waals surface area contributed by atoms with E-state index in [0.29, 0.717) is 12.6 Å². The molecule has 1 saturated carbocycles. The third kappa shape index (κ3) is 4.35. The van der Waals surface area contributed by atoms with Crippen molar-refractivity contribution < 1.29 is 9.90 Å². The predicted octanol–water partition coefficient (Wildman–Crippen LogP) is 3.25. The molecule has 1 aliphatic carbocycles. The summed E-state index contributed by atoms with van der Waals surface area (Å²) in [6, 6.07) is 9.12. The normalized spacial score (nSPS) is 15.2. The Morgan fingerprint density at radius 1 is 1.42 bits per heavy atom. The van der Waals surface area contributed by atoms with Gasteiger partial charge in [0.05, 0.1) is 6.42 Å². The standard InChI is InChI=1S/C16H23NO2/c1-12(2)17(9-8-16(18)19)11-13-4-3-5-15(10-13)14-6-7-14/h3-5,10,12,14H,6-9,11H2,1-2H3,(H,18,19). The Hall–Kier alpha value is -1.35. The van der Waals surface area contributed by atoms with E-state index in [1.165, 1.54) is 24.0 Å². The van der Waals surface area contributed by atoms with E-state index >= 15 is 0 Å². The van der Waals surface area contributed by atoms with E-state index in [-0.39, 0.29) is 6.42 Å². The molecule has 3 nitrogen and oxygen atoms in total. The molecule has 1 aromatic rings. The summed E-state index contributed by atoms with van der Waals surface area (Å²) in [7, 11) is 0. The Kier molecular flexibility index (Phi) is 4.59. The first kappa shape index (κ1) is 14.1. The average molecular weight is 261 g/mol. The van der Waals surface area contributed by atoms with Gasteiger partial charge < -0.3 is 5.11 Å². The molecule has 0 aromatic heterocycles. The van der Waals surface area contributed by atoms with Crippen LogP contribution in [0.25, 0.3) is 0 Å². The molecule has 3 heteroatoms. The van der Waals surface area contributed by atoms with Crippen LogP contribution in [0.4, 0.5) is 0 Å². The molecule has 0 radical (unpaired) electrons. The van der Waals surface area contributed by atoms with Gasteiger partial charge in [0.2, 0.25) is 0 Å². The molecule has 104 valence electrons. The zero-order chi connectivity index (χ0) is 13.8. The summed E-state index contributed by atoms with van der Waals surface area (Å²) in [6.07, 6.45) is 2.84. The summed E-state index contributed by atoms with van der Waals surface area (Å²) in [6.45, 7) is 5.69. The van der Waals surface area contributed by atoms with E-state index in [9.17, 15) is 4.79 Å². The molecule has 1 N–H and O–H groups in total. The van der Waals surface area contributed by atoms with Crippen LogP contribution in [0.3, 0.4) is 0 Å². The van der Waals surface area contributed by atoms with Crippen LogP contribution >= 0.6 is 0 Å². The lowest BCUT2D eigenvalue weighted by Gasteiger charge is -2.26. The fourth-order valence-electron chi connectivity index (χ4n) is 2.36. The highest BCUT2D eigenvalue weighted by Crippen LogP contribution is 2.40. The maximum Gasteiger partial charge on any atom is 0.304 e. The van der Waals surface area contributed by atoms with Crippen molar-refractivity contribution in [2.24, 2.45) is 0 Å². The number of rotatable bonds is 7. The van der Waals surface area contributed by atoms with E-state index in [2.05, 4.69) is 43.0 Å². The molecule has 0 atom stereocenters. The van der Waals surface area contributed by atoms with Gasteiger partial charge >= 0.3 is 5.97 Å². The smallest absolute Gasteiger partial charge is 0.304 e. The molecule has 0 aliphatic heterocycles. The van der Waals surface area contributed by atoms with Gasteiger partial charge in [0, 0.05) is 19.1 Å². The van der Waals surface area contributed by atoms with Crippen LogP contribution in [0.2, 0.25) is 0 Å². The van der Waals surface area contributed by atoms with Crippen molar-refractivity contribution >= 4 is 5.97 Å². The fraction of sp³-hybridized carbons (Fsp3) is 0.562. The Balaban J connectivity index is 1.99. The zero-order valence-corrected chi connectivity index (χ0v) is 11.8. The van der Waals surface area contributed by atoms with E-state index in [4.69, 9.17) is 5.11 Å². The maximum absolute atomic E-state index is 10.7. The van der Waals surface area contributed by atoms with E-state index in [1.54, 1.807) is 0 Å². The Labute approximate surface area is 115 Å². The second kappa shape index (κ2) is 6.20. The summed E-state index contributed by atoms with van der Waals surface area (Å²) in [5.41, 5.74) is 2.74. The summed E-state index contributed by atoms with van der Waals surface area (Å²) >= 11 is 0. The number of aliphatic carboxylic acids is 1. The third-order valence-electron chi connectivity index (χ3n) is 3.73. The predicted molar refractivity (Wildman–Crippen MR) is 76.2 cm³/mol. The van der Waals surface area contributed by atoms with Gasteiger partial charge in [-0.3, -0.25) is 9.69 Å². The van der Waals surface area contributed by atoms with Crippen LogP contribution in [0.15, 0.2) is 24.3 Å². The van der Waals surface area contributed by atoms with Crippen molar-refractivity contribution in [3.8, 4) is 0 Å². The van der Waals surface area contributed by atoms with Crippen molar-refractivity contribution in [2.45, 2.75) is 51.6 Å². The largest absolute Gasteiger partial charge is 0.481 e. The lowest BCUT2D eigenvalue weighted by molar-refractivity contribution is -0.137. The monoisotopic (exact) mass is 261 g/mol. The summed E-state index contributed by atoms with van der Waals surface area (Å²) in [5, 5.41) is 8.81. The van der Waals surface area contributed by atoms with Crippen molar-refractivity contribution in [1.82, 2.24) is 4.90 Å². The first-order valence-corrected chi connectivity index (χ1v) is 7.11. The minimum Gasteiger partial charge on any atom is -0.481 e. The number of carboxylic acids is 1. The number of benzene rings is 1. The van der Waals surface area contributed by atoms with Gasteiger partial charge in [-0.15, -0.1) is 0 Å². The SMILES string of the molecule is CC(C)N(CCC(=O)O)Cc1cccc(C2CC2)c1. The number of carboxylic acid groups (broad SMARTS) is 1. The van der Waals surface area contributed by atoms with Crippen LogP contribution in [0.1, 0.15) is 50.2 Å². The molecule has 0 bridgehead atoms. The minimum absolute atomic E-state index is 0.209. The number of hydrogen-bond acceptors (Lipinski definition) is 2. The molecule has 0 unspecified atom stereocenters. The molecular formula is C16H23NO2. The van der Waals surface area contributed by atoms with E-state index in [1.807, 2.05) is 0 Å². The fourth-order valence-corrected chi connectivity index (χ4v) is 2.36. The van der Waals surface area contributed by atoms with Gasteiger partial charge in [-0.25, -0.2) is 0 Å². The zero-order valence-electron chi connectivity index (χ0n) is 11.8. The van der Waals surface area contributed by atoms with Gasteiger partial charge in [-0.05, 0) is 43.7 Å². The second-order valence-electron chi connectivity index (χ2n) is 5.73. The Bertz CT molecular complexity index is 438. The molecule has 19 heavy (non-hydrogen) atoms. The lowest BCUT2D eigenvalue weighted by atomic mass is 10.1. The topological polar surface area (TPSA) is 40.5 Å². The van der Waals surface area contributed by atoms with Crippen molar-refractivity contribution in [3.63, 3.8) is 0 Å². The molecule has 1 aromatic carbocycles. The first-order chi connectivity index (χ1) is 9.06. The lowest BCUT2D eigenvalue weighted by Crippen LogP contribution is -2.32. The van der Waals surface area contributed by atoms with Gasteiger partial charge in [0.1, 0.15) is 0 Å². The van der Waals surface area contributed by atoms with Crippen LogP contribution < -0.4 is 0 Å².